The van der Waals surface area contributed by atoms with Gasteiger partial charge in [-0.1, -0.05) is 0 Å². The van der Waals surface area contributed by atoms with Crippen molar-refractivity contribution in [2.75, 3.05) is 37.6 Å². The summed E-state index contributed by atoms with van der Waals surface area (Å²) < 4.78 is 28.6. The summed E-state index contributed by atoms with van der Waals surface area (Å²) in [7, 11) is 1.89. The highest BCUT2D eigenvalue weighted by molar-refractivity contribution is 5.82. The van der Waals surface area contributed by atoms with E-state index in [1.165, 1.54) is 0 Å². The molecule has 2 fully saturated rings. The molecule has 0 atom stereocenters. The van der Waals surface area contributed by atoms with Gasteiger partial charge in [0, 0.05) is 70.6 Å². The summed E-state index contributed by atoms with van der Waals surface area (Å²) in [5, 5.41) is 4.30. The van der Waals surface area contributed by atoms with Crippen LogP contribution in [-0.4, -0.2) is 68.3 Å². The van der Waals surface area contributed by atoms with E-state index in [2.05, 4.69) is 19.9 Å². The zero-order chi connectivity index (χ0) is 21.4. The number of piperazine rings is 1. The van der Waals surface area contributed by atoms with Crippen LogP contribution in [0.15, 0.2) is 30.9 Å². The maximum Gasteiger partial charge on any atom is 0.248 e. The van der Waals surface area contributed by atoms with Crippen molar-refractivity contribution in [2.24, 2.45) is 13.0 Å². The number of aromatic nitrogens is 5. The van der Waals surface area contributed by atoms with Gasteiger partial charge in [0.05, 0.1) is 17.9 Å². The fraction of sp³-hybridized carbons (Fsp3) is 0.545. The minimum absolute atomic E-state index is 0.0354. The van der Waals surface area contributed by atoms with Crippen LogP contribution in [0.2, 0.25) is 0 Å². The second-order valence-electron chi connectivity index (χ2n) is 8.75. The zero-order valence-electron chi connectivity index (χ0n) is 17.7. The SMILES string of the molecule is Cn1cc(-c2nc3cnccc3nc2N2CCN(CC3CCC(F)(F)CC3)CC2)cn1. The first-order valence-corrected chi connectivity index (χ1v) is 10.9. The lowest BCUT2D eigenvalue weighted by Crippen LogP contribution is -2.48. The van der Waals surface area contributed by atoms with Gasteiger partial charge in [0.1, 0.15) is 11.2 Å². The smallest absolute Gasteiger partial charge is 0.248 e. The molecule has 0 N–H and O–H groups in total. The lowest BCUT2D eigenvalue weighted by molar-refractivity contribution is -0.0489. The molecule has 4 heterocycles. The number of rotatable bonds is 4. The van der Waals surface area contributed by atoms with Gasteiger partial charge in [0.25, 0.3) is 0 Å². The normalized spacial score (nSPS) is 20.4. The summed E-state index contributed by atoms with van der Waals surface area (Å²) in [6, 6.07) is 1.88. The Labute approximate surface area is 180 Å². The number of fused-ring (bicyclic) bond motifs is 1. The van der Waals surface area contributed by atoms with Crippen LogP contribution in [0.1, 0.15) is 25.7 Å². The fourth-order valence-electron chi connectivity index (χ4n) is 4.64. The Morgan fingerprint density at radius 1 is 1.03 bits per heavy atom. The Morgan fingerprint density at radius 3 is 2.52 bits per heavy atom. The molecule has 1 aliphatic heterocycles. The average molecular weight is 428 g/mol. The third kappa shape index (κ3) is 4.37. The van der Waals surface area contributed by atoms with E-state index in [0.29, 0.717) is 18.8 Å². The molecular weight excluding hydrogens is 400 g/mol. The first kappa shape index (κ1) is 20.2. The van der Waals surface area contributed by atoms with Gasteiger partial charge in [-0.05, 0) is 24.8 Å². The second kappa shape index (κ2) is 8.11. The van der Waals surface area contributed by atoms with Crippen LogP contribution in [0.25, 0.3) is 22.3 Å². The molecule has 0 amide bonds. The molecule has 31 heavy (non-hydrogen) atoms. The largest absolute Gasteiger partial charge is 0.352 e. The van der Waals surface area contributed by atoms with Crippen LogP contribution in [0, 0.1) is 5.92 Å². The zero-order valence-corrected chi connectivity index (χ0v) is 17.7. The molecule has 0 unspecified atom stereocenters. The van der Waals surface area contributed by atoms with E-state index in [1.807, 2.05) is 25.5 Å². The Kier molecular flexibility index (Phi) is 5.29. The molecular formula is C22H27F2N7. The predicted octanol–water partition coefficient (Wildman–Crippen LogP) is 3.37. The topological polar surface area (TPSA) is 63.0 Å². The minimum atomic E-state index is -2.46. The number of pyridine rings is 1. The van der Waals surface area contributed by atoms with Crippen LogP contribution >= 0.6 is 0 Å². The molecule has 1 aliphatic carbocycles. The molecule has 0 aromatic carbocycles. The van der Waals surface area contributed by atoms with Gasteiger partial charge >= 0.3 is 0 Å². The molecule has 1 saturated heterocycles. The van der Waals surface area contributed by atoms with E-state index in [1.54, 1.807) is 17.1 Å². The monoisotopic (exact) mass is 427 g/mol. The minimum Gasteiger partial charge on any atom is -0.352 e. The number of nitrogens with zero attached hydrogens (tertiary/aromatic N) is 7. The molecule has 0 radical (unpaired) electrons. The standard InChI is InChI=1S/C22H27F2N7/c1-29-15-17(12-26-29)20-21(28-18-4-7-25-13-19(18)27-20)31-10-8-30(9-11-31)14-16-2-5-22(23,24)6-3-16/h4,7,12-13,15-16H,2-3,5-6,8-11,14H2,1H3. The first-order chi connectivity index (χ1) is 15.0. The molecule has 2 aliphatic rings. The van der Waals surface area contributed by atoms with Crippen molar-refractivity contribution in [3.05, 3.63) is 30.9 Å². The Morgan fingerprint density at radius 2 is 1.81 bits per heavy atom. The van der Waals surface area contributed by atoms with Gasteiger partial charge in [0.2, 0.25) is 5.92 Å². The van der Waals surface area contributed by atoms with Crippen LogP contribution in [0.4, 0.5) is 14.6 Å². The quantitative estimate of drug-likeness (QED) is 0.636. The lowest BCUT2D eigenvalue weighted by atomic mass is 9.86. The summed E-state index contributed by atoms with van der Waals surface area (Å²) in [4.78, 5) is 18.6. The Balaban J connectivity index is 1.32. The van der Waals surface area contributed by atoms with Crippen molar-refractivity contribution in [1.82, 2.24) is 29.6 Å². The highest BCUT2D eigenvalue weighted by atomic mass is 19.3. The van der Waals surface area contributed by atoms with Crippen molar-refractivity contribution in [3.8, 4) is 11.3 Å². The summed E-state index contributed by atoms with van der Waals surface area (Å²) in [5.41, 5.74) is 3.33. The van der Waals surface area contributed by atoms with E-state index in [4.69, 9.17) is 9.97 Å². The fourth-order valence-corrected chi connectivity index (χ4v) is 4.64. The molecule has 3 aromatic heterocycles. The molecule has 0 spiro atoms. The van der Waals surface area contributed by atoms with Crippen molar-refractivity contribution >= 4 is 16.9 Å². The Bertz CT molecular complexity index is 1050. The summed E-state index contributed by atoms with van der Waals surface area (Å²) in [5.74, 6) is -1.21. The van der Waals surface area contributed by atoms with Gasteiger partial charge in [-0.3, -0.25) is 14.6 Å². The maximum atomic E-state index is 13.4. The summed E-state index contributed by atoms with van der Waals surface area (Å²) in [6.45, 7) is 4.38. The van der Waals surface area contributed by atoms with E-state index in [0.717, 1.165) is 60.8 Å². The van der Waals surface area contributed by atoms with Gasteiger partial charge in [0.15, 0.2) is 5.82 Å². The third-order valence-electron chi connectivity index (χ3n) is 6.45. The number of halogens is 2. The van der Waals surface area contributed by atoms with Crippen molar-refractivity contribution < 1.29 is 8.78 Å². The summed E-state index contributed by atoms with van der Waals surface area (Å²) in [6.07, 6.45) is 8.55. The lowest BCUT2D eigenvalue weighted by Gasteiger charge is -2.38. The molecule has 7 nitrogen and oxygen atoms in total. The number of aryl methyl sites for hydroxylation is 1. The van der Waals surface area contributed by atoms with Crippen LogP contribution in [0.5, 0.6) is 0 Å². The van der Waals surface area contributed by atoms with Crippen molar-refractivity contribution in [3.63, 3.8) is 0 Å². The van der Waals surface area contributed by atoms with E-state index < -0.39 is 5.92 Å². The average Bonchev–Trinajstić information content (AvgIpc) is 3.21. The highest BCUT2D eigenvalue weighted by Gasteiger charge is 2.35. The third-order valence-corrected chi connectivity index (χ3v) is 6.45. The van der Waals surface area contributed by atoms with Gasteiger partial charge in [-0.25, -0.2) is 18.7 Å². The molecule has 0 bridgehead atoms. The number of hydrogen-bond donors (Lipinski definition) is 0. The molecule has 3 aromatic rings. The van der Waals surface area contributed by atoms with Crippen molar-refractivity contribution in [1.29, 1.82) is 0 Å². The van der Waals surface area contributed by atoms with Crippen LogP contribution in [0.3, 0.4) is 0 Å². The highest BCUT2D eigenvalue weighted by Crippen LogP contribution is 2.36. The van der Waals surface area contributed by atoms with E-state index >= 15 is 0 Å². The molecule has 164 valence electrons. The summed E-state index contributed by atoms with van der Waals surface area (Å²) >= 11 is 0. The maximum absolute atomic E-state index is 13.4. The van der Waals surface area contributed by atoms with Crippen molar-refractivity contribution in [2.45, 2.75) is 31.6 Å². The number of hydrogen-bond acceptors (Lipinski definition) is 6. The second-order valence-corrected chi connectivity index (χ2v) is 8.75. The molecule has 5 rings (SSSR count). The van der Waals surface area contributed by atoms with E-state index in [9.17, 15) is 8.78 Å². The first-order valence-electron chi connectivity index (χ1n) is 10.9. The van der Waals surface area contributed by atoms with Gasteiger partial charge in [-0.2, -0.15) is 5.10 Å². The number of alkyl halides is 2. The van der Waals surface area contributed by atoms with Crippen LogP contribution in [-0.2, 0) is 7.05 Å². The van der Waals surface area contributed by atoms with Crippen LogP contribution < -0.4 is 4.90 Å². The number of anilines is 1. The van der Waals surface area contributed by atoms with Gasteiger partial charge in [-0.15, -0.1) is 0 Å². The molecule has 9 heteroatoms. The Hall–Kier alpha value is -2.68. The predicted molar refractivity (Wildman–Crippen MR) is 115 cm³/mol. The molecule has 1 saturated carbocycles. The van der Waals surface area contributed by atoms with Gasteiger partial charge < -0.3 is 4.90 Å². The van der Waals surface area contributed by atoms with E-state index in [-0.39, 0.29) is 12.8 Å².